The van der Waals surface area contributed by atoms with Crippen LogP contribution in [0.4, 0.5) is 13.2 Å². The molecule has 1 aliphatic rings. The number of thiophene rings is 1. The Morgan fingerprint density at radius 3 is 2.75 bits per heavy atom. The van der Waals surface area contributed by atoms with E-state index in [1.54, 1.807) is 12.1 Å². The fraction of sp³-hybridized carbons (Fsp3) is 0.478. The minimum absolute atomic E-state index is 0.000718. The van der Waals surface area contributed by atoms with E-state index < -0.39 is 23.8 Å². The minimum atomic E-state index is -4.42. The van der Waals surface area contributed by atoms with E-state index in [4.69, 9.17) is 0 Å². The average Bonchev–Trinajstić information content (AvgIpc) is 3.34. The first kappa shape index (κ1) is 24.3. The van der Waals surface area contributed by atoms with E-state index in [9.17, 15) is 33.0 Å². The number of aliphatic hydroxyl groups excluding tert-OH is 1. The van der Waals surface area contributed by atoms with E-state index in [1.165, 1.54) is 23.5 Å². The third kappa shape index (κ3) is 6.56. The van der Waals surface area contributed by atoms with Crippen molar-refractivity contribution >= 4 is 23.2 Å². The number of likely N-dealkylation sites (tertiary alicyclic amines) is 1. The Balaban J connectivity index is 1.47. The summed E-state index contributed by atoms with van der Waals surface area (Å²) >= 11 is 1.17. The van der Waals surface area contributed by atoms with Crippen LogP contribution < -0.4 is 5.11 Å². The third-order valence-corrected chi connectivity index (χ3v) is 6.82. The van der Waals surface area contributed by atoms with E-state index >= 15 is 0 Å². The van der Waals surface area contributed by atoms with Crippen LogP contribution in [0.3, 0.4) is 0 Å². The summed E-state index contributed by atoms with van der Waals surface area (Å²) in [7, 11) is 0. The number of alkyl halides is 3. The number of hydrogen-bond donors (Lipinski definition) is 1. The zero-order valence-electron chi connectivity index (χ0n) is 17.4. The number of carbonyl (C=O) groups is 2. The first-order valence-electron chi connectivity index (χ1n) is 10.6. The molecule has 0 bridgehead atoms. The molecule has 5 nitrogen and oxygen atoms in total. The van der Waals surface area contributed by atoms with Gasteiger partial charge in [0.25, 0.3) is 0 Å². The maximum absolute atomic E-state index is 12.9. The number of nitrogens with zero attached hydrogens (tertiary/aromatic N) is 1. The number of aromatic carboxylic acids is 1. The Bertz CT molecular complexity index is 943. The first-order chi connectivity index (χ1) is 15.1. The molecule has 1 aromatic carbocycles. The van der Waals surface area contributed by atoms with Gasteiger partial charge in [-0.1, -0.05) is 18.2 Å². The predicted molar refractivity (Wildman–Crippen MR) is 112 cm³/mol. The van der Waals surface area contributed by atoms with Gasteiger partial charge in [0.2, 0.25) is 5.91 Å². The molecular weight excluding hydrogens is 443 g/mol. The zero-order valence-corrected chi connectivity index (χ0v) is 18.3. The van der Waals surface area contributed by atoms with Crippen LogP contribution in [0, 0.1) is 0 Å². The number of carboxylic acid groups (broad SMARTS) is 1. The van der Waals surface area contributed by atoms with Crippen LogP contribution in [-0.4, -0.2) is 40.6 Å². The van der Waals surface area contributed by atoms with Crippen molar-refractivity contribution in [2.75, 3.05) is 6.54 Å². The van der Waals surface area contributed by atoms with Crippen LogP contribution in [0.25, 0.3) is 0 Å². The number of rotatable bonds is 10. The molecule has 0 saturated carbocycles. The van der Waals surface area contributed by atoms with Gasteiger partial charge in [0, 0.05) is 23.9 Å². The lowest BCUT2D eigenvalue weighted by atomic mass is 9.99. The molecule has 1 saturated heterocycles. The zero-order chi connectivity index (χ0) is 23.3. The highest BCUT2D eigenvalue weighted by Gasteiger charge is 2.31. The Kier molecular flexibility index (Phi) is 7.95. The fourth-order valence-electron chi connectivity index (χ4n) is 4.08. The smallest absolute Gasteiger partial charge is 0.416 e. The van der Waals surface area contributed by atoms with Crippen LogP contribution in [0.1, 0.15) is 57.8 Å². The summed E-state index contributed by atoms with van der Waals surface area (Å²) in [5.74, 6) is -1.14. The molecule has 2 aromatic rings. The summed E-state index contributed by atoms with van der Waals surface area (Å²) in [4.78, 5) is 26.0. The van der Waals surface area contributed by atoms with Crippen molar-refractivity contribution < 1.29 is 33.0 Å². The van der Waals surface area contributed by atoms with Crippen LogP contribution >= 0.6 is 11.3 Å². The van der Waals surface area contributed by atoms with E-state index in [2.05, 4.69) is 0 Å². The van der Waals surface area contributed by atoms with Crippen molar-refractivity contribution in [2.45, 2.75) is 63.3 Å². The van der Waals surface area contributed by atoms with Gasteiger partial charge in [0.15, 0.2) is 0 Å². The molecule has 1 aliphatic heterocycles. The quantitative estimate of drug-likeness (QED) is 0.579. The second-order valence-electron chi connectivity index (χ2n) is 8.07. The second-order valence-corrected chi connectivity index (χ2v) is 9.24. The molecule has 1 aromatic heterocycles. The first-order valence-corrected chi connectivity index (χ1v) is 11.4. The summed E-state index contributed by atoms with van der Waals surface area (Å²) < 4.78 is 38.6. The van der Waals surface area contributed by atoms with Gasteiger partial charge in [-0.15, -0.1) is 11.3 Å². The highest BCUT2D eigenvalue weighted by molar-refractivity contribution is 7.13. The summed E-state index contributed by atoms with van der Waals surface area (Å²) in [5, 5.41) is 21.2. The van der Waals surface area contributed by atoms with Crippen LogP contribution in [0.5, 0.6) is 0 Å². The molecule has 1 N–H and O–H groups in total. The highest BCUT2D eigenvalue weighted by Crippen LogP contribution is 2.30. The fourth-order valence-corrected chi connectivity index (χ4v) is 4.96. The minimum Gasteiger partial charge on any atom is -0.544 e. The van der Waals surface area contributed by atoms with Gasteiger partial charge in [-0.05, 0) is 62.3 Å². The number of halogens is 3. The summed E-state index contributed by atoms with van der Waals surface area (Å²) in [6.45, 7) is 0.547. The standard InChI is InChI=1S/C23H26F3NO4S/c24-23(25,26)16-4-1-3-15(13-16)14-18(28)8-6-17-7-11-21(29)27(17)12-2-5-19-9-10-20(32-19)22(30)31/h1,3-4,9-10,13,17-18,28H,2,5-8,11-12,14H2,(H,30,31)/p-1. The largest absolute Gasteiger partial charge is 0.544 e. The molecule has 0 spiro atoms. The van der Waals surface area contributed by atoms with Crippen LogP contribution in [0.2, 0.25) is 0 Å². The second kappa shape index (κ2) is 10.5. The highest BCUT2D eigenvalue weighted by atomic mass is 32.1. The molecule has 174 valence electrons. The molecule has 2 atom stereocenters. The van der Waals surface area contributed by atoms with Crippen molar-refractivity contribution in [3.8, 4) is 0 Å². The van der Waals surface area contributed by atoms with Gasteiger partial charge >= 0.3 is 6.18 Å². The van der Waals surface area contributed by atoms with Gasteiger partial charge in [-0.2, -0.15) is 13.2 Å². The van der Waals surface area contributed by atoms with E-state index in [0.717, 1.165) is 17.0 Å². The number of carbonyl (C=O) groups excluding carboxylic acids is 2. The maximum atomic E-state index is 12.9. The molecule has 0 aliphatic carbocycles. The number of carboxylic acids is 1. The SMILES string of the molecule is O=C([O-])c1ccc(CCCN2C(=O)CCC2CCC(O)Cc2cccc(C(F)(F)F)c2)s1. The van der Waals surface area contributed by atoms with Gasteiger partial charge in [0.1, 0.15) is 0 Å². The molecule has 3 rings (SSSR count). The maximum Gasteiger partial charge on any atom is 0.416 e. The third-order valence-electron chi connectivity index (χ3n) is 5.70. The summed E-state index contributed by atoms with van der Waals surface area (Å²) in [5.41, 5.74) is -0.300. The molecular formula is C23H25F3NO4S-. The monoisotopic (exact) mass is 468 g/mol. The Morgan fingerprint density at radius 2 is 2.06 bits per heavy atom. The van der Waals surface area contributed by atoms with E-state index in [1.807, 2.05) is 4.90 Å². The van der Waals surface area contributed by atoms with Gasteiger partial charge in [-0.3, -0.25) is 4.79 Å². The summed E-state index contributed by atoms with van der Waals surface area (Å²) in [6, 6.07) is 8.25. The van der Waals surface area contributed by atoms with Gasteiger partial charge < -0.3 is 19.9 Å². The predicted octanol–water partition coefficient (Wildman–Crippen LogP) is 3.44. The van der Waals surface area contributed by atoms with Crippen molar-refractivity contribution in [3.63, 3.8) is 0 Å². The van der Waals surface area contributed by atoms with Crippen molar-refractivity contribution in [1.29, 1.82) is 0 Å². The normalized spacial score (nSPS) is 17.7. The molecule has 9 heteroatoms. The van der Waals surface area contributed by atoms with Crippen molar-refractivity contribution in [3.05, 3.63) is 57.3 Å². The Hall–Kier alpha value is -2.39. The van der Waals surface area contributed by atoms with Crippen LogP contribution in [-0.2, 0) is 23.8 Å². The molecule has 1 amide bonds. The number of amides is 1. The number of benzene rings is 1. The van der Waals surface area contributed by atoms with Crippen molar-refractivity contribution in [2.24, 2.45) is 0 Å². The number of hydrogen-bond acceptors (Lipinski definition) is 5. The topological polar surface area (TPSA) is 80.7 Å². The molecule has 32 heavy (non-hydrogen) atoms. The average molecular weight is 469 g/mol. The van der Waals surface area contributed by atoms with Gasteiger partial charge in [-0.25, -0.2) is 0 Å². The molecule has 0 radical (unpaired) electrons. The number of aryl methyl sites for hydroxylation is 1. The lowest BCUT2D eigenvalue weighted by Crippen LogP contribution is -2.34. The summed E-state index contributed by atoms with van der Waals surface area (Å²) in [6.07, 6.45) is -1.60. The molecule has 2 heterocycles. The Morgan fingerprint density at radius 1 is 1.28 bits per heavy atom. The van der Waals surface area contributed by atoms with Crippen LogP contribution in [0.15, 0.2) is 36.4 Å². The van der Waals surface area contributed by atoms with E-state index in [-0.39, 0.29) is 23.2 Å². The lowest BCUT2D eigenvalue weighted by Gasteiger charge is -2.25. The Labute approximate surface area is 188 Å². The van der Waals surface area contributed by atoms with Gasteiger partial charge in [0.05, 0.1) is 22.5 Å². The molecule has 2 unspecified atom stereocenters. The lowest BCUT2D eigenvalue weighted by molar-refractivity contribution is -0.254. The number of aliphatic hydroxyl groups is 1. The van der Waals surface area contributed by atoms with E-state index in [0.29, 0.717) is 50.6 Å². The molecule has 1 fully saturated rings. The van der Waals surface area contributed by atoms with Crippen molar-refractivity contribution in [1.82, 2.24) is 4.90 Å².